The Balaban J connectivity index is 1.81. The van der Waals surface area contributed by atoms with Gasteiger partial charge in [-0.15, -0.1) is 0 Å². The van der Waals surface area contributed by atoms with Gasteiger partial charge in [0, 0.05) is 6.54 Å². The van der Waals surface area contributed by atoms with E-state index in [4.69, 9.17) is 4.98 Å². The molecule has 2 aromatic heterocycles. The van der Waals surface area contributed by atoms with Gasteiger partial charge in [0.25, 0.3) is 0 Å². The number of nitriles is 1. The molecule has 4 rings (SSSR count). The maximum atomic E-state index is 9.78. The van der Waals surface area contributed by atoms with Crippen LogP contribution in [0.5, 0.6) is 0 Å². The third-order valence-electron chi connectivity index (χ3n) is 4.90. The molecule has 134 valence electrons. The Morgan fingerprint density at radius 1 is 1.07 bits per heavy atom. The number of hydrogen-bond acceptors (Lipinski definition) is 3. The molecule has 2 heterocycles. The minimum atomic E-state index is 0.249. The maximum Gasteiger partial charge on any atom is 0.157 e. The van der Waals surface area contributed by atoms with Crippen molar-refractivity contribution in [2.75, 3.05) is 11.9 Å². The molecule has 1 N–H and O–H groups in total. The summed E-state index contributed by atoms with van der Waals surface area (Å²) >= 11 is 0. The normalized spacial score (nSPS) is 11.2. The van der Waals surface area contributed by atoms with Gasteiger partial charge in [-0.25, -0.2) is 4.98 Å². The van der Waals surface area contributed by atoms with E-state index >= 15 is 0 Å². The zero-order valence-corrected chi connectivity index (χ0v) is 15.6. The molecule has 4 heteroatoms. The number of para-hydroxylation sites is 2. The Morgan fingerprint density at radius 3 is 2.56 bits per heavy atom. The van der Waals surface area contributed by atoms with Crippen molar-refractivity contribution in [3.63, 3.8) is 0 Å². The van der Waals surface area contributed by atoms with Crippen LogP contribution >= 0.6 is 0 Å². The number of rotatable bonds is 5. The molecule has 0 aliphatic heterocycles. The predicted octanol–water partition coefficient (Wildman–Crippen LogP) is 5.14. The lowest BCUT2D eigenvalue weighted by Crippen LogP contribution is -2.10. The summed E-state index contributed by atoms with van der Waals surface area (Å²) in [5.41, 5.74) is 5.64. The monoisotopic (exact) mass is 354 g/mol. The second kappa shape index (κ2) is 7.13. The number of benzene rings is 2. The maximum absolute atomic E-state index is 9.78. The van der Waals surface area contributed by atoms with Crippen molar-refractivity contribution in [3.05, 3.63) is 77.4 Å². The van der Waals surface area contributed by atoms with Gasteiger partial charge in [0.05, 0.1) is 16.6 Å². The summed E-state index contributed by atoms with van der Waals surface area (Å²) in [7, 11) is 0. The van der Waals surface area contributed by atoms with E-state index in [2.05, 4.69) is 60.0 Å². The number of aromatic nitrogens is 2. The highest BCUT2D eigenvalue weighted by Gasteiger charge is 2.18. The Hall–Kier alpha value is -3.32. The molecule has 0 saturated carbocycles. The molecule has 2 aromatic carbocycles. The third kappa shape index (κ3) is 3.13. The van der Waals surface area contributed by atoms with Gasteiger partial charge in [-0.3, -0.25) is 4.40 Å². The van der Waals surface area contributed by atoms with Gasteiger partial charge in [-0.2, -0.15) is 5.26 Å². The highest BCUT2D eigenvalue weighted by molar-refractivity contribution is 5.85. The molecule has 0 fully saturated rings. The first-order valence-electron chi connectivity index (χ1n) is 9.31. The lowest BCUT2D eigenvalue weighted by molar-refractivity contribution is 0.858. The summed E-state index contributed by atoms with van der Waals surface area (Å²) in [5, 5.41) is 13.4. The number of fused-ring (bicyclic) bond motifs is 3. The van der Waals surface area contributed by atoms with Crippen molar-refractivity contribution >= 4 is 22.5 Å². The molecule has 0 radical (unpaired) electrons. The summed E-state index contributed by atoms with van der Waals surface area (Å²) in [6, 6.07) is 23.0. The molecule has 0 unspecified atom stereocenters. The van der Waals surface area contributed by atoms with Crippen LogP contribution in [0.3, 0.4) is 0 Å². The number of imidazole rings is 1. The Morgan fingerprint density at radius 2 is 1.81 bits per heavy atom. The number of anilines is 1. The average Bonchev–Trinajstić information content (AvgIpc) is 3.08. The first kappa shape index (κ1) is 17.1. The number of nitrogens with one attached hydrogen (secondary N) is 1. The summed E-state index contributed by atoms with van der Waals surface area (Å²) in [4.78, 5) is 4.76. The lowest BCUT2D eigenvalue weighted by Gasteiger charge is -2.16. The molecule has 27 heavy (non-hydrogen) atoms. The van der Waals surface area contributed by atoms with Crippen molar-refractivity contribution in [1.29, 1.82) is 5.26 Å². The molecule has 0 aliphatic rings. The molecule has 0 amide bonds. The highest BCUT2D eigenvalue weighted by Crippen LogP contribution is 2.30. The molecular weight excluding hydrogens is 332 g/mol. The van der Waals surface area contributed by atoms with Gasteiger partial charge in [-0.1, -0.05) is 56.3 Å². The largest absolute Gasteiger partial charge is 0.371 e. The molecule has 4 nitrogen and oxygen atoms in total. The number of nitrogens with zero attached hydrogens (tertiary/aromatic N) is 3. The number of pyridine rings is 1. The van der Waals surface area contributed by atoms with Crippen molar-refractivity contribution < 1.29 is 0 Å². The van der Waals surface area contributed by atoms with Crippen LogP contribution in [0.2, 0.25) is 0 Å². The van der Waals surface area contributed by atoms with E-state index < -0.39 is 0 Å². The van der Waals surface area contributed by atoms with Crippen LogP contribution in [0.1, 0.15) is 36.5 Å². The van der Waals surface area contributed by atoms with Crippen molar-refractivity contribution in [1.82, 2.24) is 9.38 Å². The molecular formula is C23H22N4. The fourth-order valence-electron chi connectivity index (χ4n) is 3.53. The van der Waals surface area contributed by atoms with Crippen LogP contribution in [-0.2, 0) is 6.42 Å². The van der Waals surface area contributed by atoms with Crippen LogP contribution in [0, 0.1) is 11.3 Å². The van der Waals surface area contributed by atoms with Crippen LogP contribution in [0.25, 0.3) is 16.7 Å². The van der Waals surface area contributed by atoms with E-state index in [-0.39, 0.29) is 5.92 Å². The Bertz CT molecular complexity index is 1130. The lowest BCUT2D eigenvalue weighted by atomic mass is 9.99. The second-order valence-corrected chi connectivity index (χ2v) is 7.05. The van der Waals surface area contributed by atoms with Gasteiger partial charge < -0.3 is 5.32 Å². The van der Waals surface area contributed by atoms with E-state index in [1.165, 1.54) is 5.56 Å². The quantitative estimate of drug-likeness (QED) is 0.540. The molecule has 0 bridgehead atoms. The van der Waals surface area contributed by atoms with E-state index in [0.29, 0.717) is 5.56 Å². The van der Waals surface area contributed by atoms with Crippen molar-refractivity contribution in [2.45, 2.75) is 26.2 Å². The molecule has 0 atom stereocenters. The topological polar surface area (TPSA) is 53.1 Å². The number of hydrogen-bond donors (Lipinski definition) is 1. The molecule has 0 aliphatic carbocycles. The summed E-state index contributed by atoms with van der Waals surface area (Å²) in [6.45, 7) is 5.04. The molecule has 0 spiro atoms. The minimum absolute atomic E-state index is 0.249. The van der Waals surface area contributed by atoms with Crippen molar-refractivity contribution in [3.8, 4) is 6.07 Å². The van der Waals surface area contributed by atoms with Crippen LogP contribution in [0.4, 0.5) is 5.82 Å². The van der Waals surface area contributed by atoms with Gasteiger partial charge >= 0.3 is 0 Å². The van der Waals surface area contributed by atoms with Crippen LogP contribution in [0.15, 0.2) is 60.7 Å². The third-order valence-corrected chi connectivity index (χ3v) is 4.90. The molecule has 0 saturated heterocycles. The van der Waals surface area contributed by atoms with Crippen LogP contribution < -0.4 is 5.32 Å². The average molecular weight is 354 g/mol. The highest BCUT2D eigenvalue weighted by atomic mass is 15.1. The fraction of sp³-hybridized carbons (Fsp3) is 0.217. The summed E-state index contributed by atoms with van der Waals surface area (Å²) in [6.07, 6.45) is 0.936. The SMILES string of the molecule is CC(C)c1cc(NCCc2ccccc2)n2c(nc3ccccc32)c1C#N. The Kier molecular flexibility index (Phi) is 4.52. The van der Waals surface area contributed by atoms with Gasteiger partial charge in [0.2, 0.25) is 0 Å². The van der Waals surface area contributed by atoms with E-state index in [1.54, 1.807) is 0 Å². The summed E-state index contributed by atoms with van der Waals surface area (Å²) in [5.74, 6) is 1.23. The van der Waals surface area contributed by atoms with Gasteiger partial charge in [0.1, 0.15) is 11.9 Å². The first-order valence-corrected chi connectivity index (χ1v) is 9.31. The van der Waals surface area contributed by atoms with Crippen molar-refractivity contribution in [2.24, 2.45) is 0 Å². The van der Waals surface area contributed by atoms with Gasteiger partial charge in [-0.05, 0) is 41.7 Å². The summed E-state index contributed by atoms with van der Waals surface area (Å²) < 4.78 is 2.07. The first-order chi connectivity index (χ1) is 13.2. The van der Waals surface area contributed by atoms with E-state index in [0.717, 1.165) is 41.0 Å². The molecule has 4 aromatic rings. The Labute approximate surface area is 159 Å². The zero-order valence-electron chi connectivity index (χ0n) is 15.6. The predicted molar refractivity (Wildman–Crippen MR) is 110 cm³/mol. The van der Waals surface area contributed by atoms with E-state index in [1.807, 2.05) is 30.3 Å². The van der Waals surface area contributed by atoms with E-state index in [9.17, 15) is 5.26 Å². The smallest absolute Gasteiger partial charge is 0.157 e. The fourth-order valence-corrected chi connectivity index (χ4v) is 3.53. The zero-order chi connectivity index (χ0) is 18.8. The standard InChI is InChI=1S/C23H22N4/c1-16(2)18-14-22(25-13-12-17-8-4-3-5-9-17)27-21-11-7-6-10-20(21)26-23(27)19(18)15-24/h3-11,14,16,25H,12-13H2,1-2H3. The van der Waals surface area contributed by atoms with Crippen LogP contribution in [-0.4, -0.2) is 15.9 Å². The minimum Gasteiger partial charge on any atom is -0.371 e. The van der Waals surface area contributed by atoms with Gasteiger partial charge in [0.15, 0.2) is 5.65 Å². The second-order valence-electron chi connectivity index (χ2n) is 7.05.